The largest absolute Gasteiger partial charge is 0.493 e. The highest BCUT2D eigenvalue weighted by molar-refractivity contribution is 5.65. The molecule has 1 aromatic carbocycles. The molecular formula is C12H11N3O2. The van der Waals surface area contributed by atoms with E-state index in [9.17, 15) is 9.90 Å². The van der Waals surface area contributed by atoms with Crippen LogP contribution in [0, 0.1) is 0 Å². The predicted molar refractivity (Wildman–Crippen MR) is 64.2 cm³/mol. The number of rotatable bonds is 1. The number of anilines is 1. The van der Waals surface area contributed by atoms with Gasteiger partial charge in [0.05, 0.1) is 6.07 Å². The van der Waals surface area contributed by atoms with Crippen LogP contribution in [-0.4, -0.2) is 21.6 Å². The second-order valence-corrected chi connectivity index (χ2v) is 4.00. The van der Waals surface area contributed by atoms with Gasteiger partial charge in [-0.3, -0.25) is 4.79 Å². The SMILES string of the molecule is O=c1cc(O)nc(-c2ccc3c(c2)CCN3)[nH]1. The molecule has 0 radical (unpaired) electrons. The smallest absolute Gasteiger partial charge is 0.254 e. The van der Waals surface area contributed by atoms with Crippen molar-refractivity contribution in [1.29, 1.82) is 0 Å². The van der Waals surface area contributed by atoms with Gasteiger partial charge in [0.25, 0.3) is 5.56 Å². The average Bonchev–Trinajstić information content (AvgIpc) is 2.74. The van der Waals surface area contributed by atoms with Crippen LogP contribution in [0.4, 0.5) is 5.69 Å². The molecule has 3 rings (SSSR count). The van der Waals surface area contributed by atoms with Gasteiger partial charge in [0, 0.05) is 17.8 Å². The Bertz CT molecular complexity index is 634. The first-order valence-corrected chi connectivity index (χ1v) is 5.40. The number of aromatic nitrogens is 2. The number of aromatic amines is 1. The molecular weight excluding hydrogens is 218 g/mol. The van der Waals surface area contributed by atoms with Gasteiger partial charge in [-0.15, -0.1) is 0 Å². The highest BCUT2D eigenvalue weighted by Gasteiger charge is 2.11. The minimum atomic E-state index is -0.355. The molecule has 1 aliphatic rings. The molecule has 0 bridgehead atoms. The summed E-state index contributed by atoms with van der Waals surface area (Å²) in [6.45, 7) is 0.933. The summed E-state index contributed by atoms with van der Waals surface area (Å²) < 4.78 is 0. The zero-order valence-corrected chi connectivity index (χ0v) is 9.03. The van der Waals surface area contributed by atoms with Crippen molar-refractivity contribution in [3.63, 3.8) is 0 Å². The number of nitrogens with zero attached hydrogens (tertiary/aromatic N) is 1. The van der Waals surface area contributed by atoms with E-state index in [0.29, 0.717) is 5.82 Å². The number of benzene rings is 1. The van der Waals surface area contributed by atoms with Crippen LogP contribution in [0.2, 0.25) is 0 Å². The van der Waals surface area contributed by atoms with Gasteiger partial charge in [0.15, 0.2) is 0 Å². The molecule has 0 saturated heterocycles. The lowest BCUT2D eigenvalue weighted by atomic mass is 10.1. The third kappa shape index (κ3) is 1.75. The van der Waals surface area contributed by atoms with Gasteiger partial charge in [-0.1, -0.05) is 0 Å². The summed E-state index contributed by atoms with van der Waals surface area (Å²) in [7, 11) is 0. The standard InChI is InChI=1S/C12H11N3O2/c16-10-6-11(17)15-12(14-10)8-1-2-9-7(5-8)3-4-13-9/h1-2,5-6,13H,3-4H2,(H2,14,15,16,17). The molecule has 3 N–H and O–H groups in total. The van der Waals surface area contributed by atoms with Gasteiger partial charge in [-0.05, 0) is 30.2 Å². The van der Waals surface area contributed by atoms with Crippen LogP contribution in [0.5, 0.6) is 5.88 Å². The summed E-state index contributed by atoms with van der Waals surface area (Å²) in [6, 6.07) is 6.86. The van der Waals surface area contributed by atoms with Crippen molar-refractivity contribution < 1.29 is 5.11 Å². The normalized spacial score (nSPS) is 13.2. The minimum Gasteiger partial charge on any atom is -0.493 e. The maximum atomic E-state index is 11.3. The summed E-state index contributed by atoms with van der Waals surface area (Å²) in [4.78, 5) is 17.8. The number of nitrogens with one attached hydrogen (secondary N) is 2. The Morgan fingerprint density at radius 3 is 3.00 bits per heavy atom. The first-order valence-electron chi connectivity index (χ1n) is 5.40. The van der Waals surface area contributed by atoms with Crippen molar-refractivity contribution in [2.24, 2.45) is 0 Å². The van der Waals surface area contributed by atoms with E-state index in [0.717, 1.165) is 30.3 Å². The Labute approximate surface area is 97.2 Å². The molecule has 0 amide bonds. The van der Waals surface area contributed by atoms with E-state index in [1.807, 2.05) is 18.2 Å². The molecule has 0 unspecified atom stereocenters. The third-order valence-corrected chi connectivity index (χ3v) is 2.82. The molecule has 86 valence electrons. The van der Waals surface area contributed by atoms with Gasteiger partial charge in [-0.25, -0.2) is 0 Å². The van der Waals surface area contributed by atoms with Gasteiger partial charge in [0.1, 0.15) is 5.82 Å². The molecule has 0 saturated carbocycles. The van der Waals surface area contributed by atoms with Crippen LogP contribution in [-0.2, 0) is 6.42 Å². The number of H-pyrrole nitrogens is 1. The molecule has 0 atom stereocenters. The lowest BCUT2D eigenvalue weighted by Gasteiger charge is -2.04. The lowest BCUT2D eigenvalue weighted by Crippen LogP contribution is -2.06. The highest BCUT2D eigenvalue weighted by Crippen LogP contribution is 2.26. The molecule has 0 spiro atoms. The number of hydrogen-bond acceptors (Lipinski definition) is 4. The molecule has 1 aromatic heterocycles. The van der Waals surface area contributed by atoms with Gasteiger partial charge in [0.2, 0.25) is 5.88 Å². The molecule has 2 heterocycles. The van der Waals surface area contributed by atoms with E-state index in [-0.39, 0.29) is 11.4 Å². The summed E-state index contributed by atoms with van der Waals surface area (Å²) in [6.07, 6.45) is 0.965. The van der Waals surface area contributed by atoms with Crippen LogP contribution >= 0.6 is 0 Å². The molecule has 17 heavy (non-hydrogen) atoms. The number of aromatic hydroxyl groups is 1. The summed E-state index contributed by atoms with van der Waals surface area (Å²) in [5, 5.41) is 12.6. The first-order chi connectivity index (χ1) is 8.22. The monoisotopic (exact) mass is 229 g/mol. The van der Waals surface area contributed by atoms with Crippen LogP contribution in [0.3, 0.4) is 0 Å². The van der Waals surface area contributed by atoms with E-state index in [1.165, 1.54) is 5.56 Å². The fourth-order valence-electron chi connectivity index (χ4n) is 2.03. The fraction of sp³-hybridized carbons (Fsp3) is 0.167. The second-order valence-electron chi connectivity index (χ2n) is 4.00. The Kier molecular flexibility index (Phi) is 2.11. The van der Waals surface area contributed by atoms with E-state index < -0.39 is 0 Å². The quantitative estimate of drug-likeness (QED) is 0.684. The van der Waals surface area contributed by atoms with E-state index in [1.54, 1.807) is 0 Å². The third-order valence-electron chi connectivity index (χ3n) is 2.82. The Balaban J connectivity index is 2.12. The van der Waals surface area contributed by atoms with Crippen molar-refractivity contribution >= 4 is 5.69 Å². The van der Waals surface area contributed by atoms with Crippen molar-refractivity contribution in [3.8, 4) is 17.3 Å². The molecule has 5 nitrogen and oxygen atoms in total. The summed E-state index contributed by atoms with van der Waals surface area (Å²) in [5.74, 6) is 0.132. The second kappa shape index (κ2) is 3.62. The van der Waals surface area contributed by atoms with Crippen molar-refractivity contribution in [3.05, 3.63) is 40.2 Å². The average molecular weight is 229 g/mol. The first kappa shape index (κ1) is 9.89. The predicted octanol–water partition coefficient (Wildman–Crippen LogP) is 1.11. The van der Waals surface area contributed by atoms with Crippen LogP contribution < -0.4 is 10.9 Å². The zero-order valence-electron chi connectivity index (χ0n) is 9.03. The number of hydrogen-bond donors (Lipinski definition) is 3. The minimum absolute atomic E-state index is 0.262. The maximum Gasteiger partial charge on any atom is 0.254 e. The zero-order chi connectivity index (χ0) is 11.8. The maximum absolute atomic E-state index is 11.3. The van der Waals surface area contributed by atoms with E-state index in [4.69, 9.17) is 0 Å². The summed E-state index contributed by atoms with van der Waals surface area (Å²) >= 11 is 0. The van der Waals surface area contributed by atoms with Crippen molar-refractivity contribution in [2.45, 2.75) is 6.42 Å². The molecule has 1 aliphatic heterocycles. The van der Waals surface area contributed by atoms with Gasteiger partial charge >= 0.3 is 0 Å². The highest BCUT2D eigenvalue weighted by atomic mass is 16.3. The van der Waals surface area contributed by atoms with Crippen LogP contribution in [0.25, 0.3) is 11.4 Å². The summed E-state index contributed by atoms with van der Waals surface area (Å²) in [5.41, 5.74) is 2.77. The lowest BCUT2D eigenvalue weighted by molar-refractivity contribution is 0.452. The van der Waals surface area contributed by atoms with E-state index in [2.05, 4.69) is 15.3 Å². The Morgan fingerprint density at radius 1 is 1.29 bits per heavy atom. The molecule has 0 aliphatic carbocycles. The molecule has 5 heteroatoms. The topological polar surface area (TPSA) is 78.0 Å². The Morgan fingerprint density at radius 2 is 2.18 bits per heavy atom. The molecule has 0 fully saturated rings. The fourth-order valence-corrected chi connectivity index (χ4v) is 2.03. The van der Waals surface area contributed by atoms with Gasteiger partial charge < -0.3 is 15.4 Å². The van der Waals surface area contributed by atoms with Gasteiger partial charge in [-0.2, -0.15) is 4.98 Å². The number of fused-ring (bicyclic) bond motifs is 1. The van der Waals surface area contributed by atoms with Crippen molar-refractivity contribution in [1.82, 2.24) is 9.97 Å². The molecule has 2 aromatic rings. The Hall–Kier alpha value is -2.30. The van der Waals surface area contributed by atoms with Crippen LogP contribution in [0.15, 0.2) is 29.1 Å². The van der Waals surface area contributed by atoms with Crippen molar-refractivity contribution in [2.75, 3.05) is 11.9 Å². The van der Waals surface area contributed by atoms with Crippen LogP contribution in [0.1, 0.15) is 5.56 Å². The van der Waals surface area contributed by atoms with E-state index >= 15 is 0 Å².